The summed E-state index contributed by atoms with van der Waals surface area (Å²) < 4.78 is 4.61. The summed E-state index contributed by atoms with van der Waals surface area (Å²) in [7, 11) is 0. The number of nitriles is 1. The van der Waals surface area contributed by atoms with E-state index in [4.69, 9.17) is 6.57 Å². The minimum Gasteiger partial charge on any atom is -0.309 e. The average molecular weight is 611 g/mol. The SMILES string of the molecule is [C-]#[N+]c1ccc2c(c1)c1ccccc1n2-c1cc(-c2ccc(-n3c4ccccc4c4ccccc43)cc2)ccc1-c1ccccc1C#N. The van der Waals surface area contributed by atoms with Crippen LogP contribution < -0.4 is 0 Å². The van der Waals surface area contributed by atoms with Gasteiger partial charge in [-0.1, -0.05) is 103 Å². The van der Waals surface area contributed by atoms with Gasteiger partial charge in [0.25, 0.3) is 0 Å². The van der Waals surface area contributed by atoms with Crippen LogP contribution in [0.2, 0.25) is 0 Å². The van der Waals surface area contributed by atoms with E-state index in [-0.39, 0.29) is 0 Å². The van der Waals surface area contributed by atoms with Gasteiger partial charge in [-0.05, 0) is 71.1 Å². The van der Waals surface area contributed by atoms with Gasteiger partial charge >= 0.3 is 0 Å². The van der Waals surface area contributed by atoms with Crippen LogP contribution in [0.3, 0.4) is 0 Å². The summed E-state index contributed by atoms with van der Waals surface area (Å²) in [4.78, 5) is 3.71. The van der Waals surface area contributed by atoms with Crippen molar-refractivity contribution in [2.75, 3.05) is 0 Å². The smallest absolute Gasteiger partial charge is 0.188 e. The van der Waals surface area contributed by atoms with Crippen molar-refractivity contribution in [2.24, 2.45) is 0 Å². The number of hydrogen-bond donors (Lipinski definition) is 0. The van der Waals surface area contributed by atoms with Gasteiger partial charge in [-0.2, -0.15) is 5.26 Å². The molecule has 0 bridgehead atoms. The largest absolute Gasteiger partial charge is 0.309 e. The Morgan fingerprint density at radius 1 is 0.479 bits per heavy atom. The third kappa shape index (κ3) is 4.14. The van der Waals surface area contributed by atoms with Gasteiger partial charge in [0.15, 0.2) is 5.69 Å². The first-order valence-corrected chi connectivity index (χ1v) is 15.9. The highest BCUT2D eigenvalue weighted by atomic mass is 15.0. The van der Waals surface area contributed by atoms with E-state index in [1.54, 1.807) is 0 Å². The van der Waals surface area contributed by atoms with Crippen molar-refractivity contribution in [3.63, 3.8) is 0 Å². The zero-order chi connectivity index (χ0) is 32.2. The molecule has 9 rings (SSSR count). The van der Waals surface area contributed by atoms with E-state index in [0.717, 1.165) is 55.4 Å². The van der Waals surface area contributed by atoms with Crippen molar-refractivity contribution in [2.45, 2.75) is 0 Å². The monoisotopic (exact) mass is 610 g/mol. The minimum atomic E-state index is 0.609. The zero-order valence-corrected chi connectivity index (χ0v) is 25.8. The molecule has 222 valence electrons. The van der Waals surface area contributed by atoms with E-state index in [9.17, 15) is 5.26 Å². The maximum Gasteiger partial charge on any atom is 0.188 e. The van der Waals surface area contributed by atoms with Gasteiger partial charge in [-0.3, -0.25) is 0 Å². The Hall–Kier alpha value is -6.88. The quantitative estimate of drug-likeness (QED) is 0.183. The molecule has 2 heterocycles. The van der Waals surface area contributed by atoms with Crippen LogP contribution in [0.5, 0.6) is 0 Å². The molecule has 0 saturated heterocycles. The van der Waals surface area contributed by atoms with Crippen LogP contribution in [0, 0.1) is 17.9 Å². The molecule has 0 spiro atoms. The number of nitrogens with zero attached hydrogens (tertiary/aromatic N) is 4. The van der Waals surface area contributed by atoms with Crippen LogP contribution >= 0.6 is 0 Å². The molecule has 9 aromatic rings. The molecule has 0 fully saturated rings. The normalized spacial score (nSPS) is 11.3. The van der Waals surface area contributed by atoms with E-state index in [1.807, 2.05) is 54.6 Å². The molecule has 0 N–H and O–H groups in total. The molecular formula is C44H26N4. The average Bonchev–Trinajstić information content (AvgIpc) is 3.67. The topological polar surface area (TPSA) is 38.0 Å². The molecule has 0 aliphatic rings. The summed E-state index contributed by atoms with van der Waals surface area (Å²) >= 11 is 0. The summed E-state index contributed by atoms with van der Waals surface area (Å²) in [5.41, 5.74) is 11.7. The maximum atomic E-state index is 10.1. The van der Waals surface area contributed by atoms with Crippen molar-refractivity contribution in [1.29, 1.82) is 5.26 Å². The zero-order valence-electron chi connectivity index (χ0n) is 25.8. The van der Waals surface area contributed by atoms with Crippen LogP contribution in [-0.2, 0) is 0 Å². The van der Waals surface area contributed by atoms with Crippen molar-refractivity contribution < 1.29 is 0 Å². The van der Waals surface area contributed by atoms with E-state index in [1.165, 1.54) is 21.8 Å². The molecule has 4 heteroatoms. The fourth-order valence-electron chi connectivity index (χ4n) is 7.23. The Morgan fingerprint density at radius 2 is 1.04 bits per heavy atom. The molecule has 0 atom stereocenters. The van der Waals surface area contributed by atoms with Crippen molar-refractivity contribution in [3.8, 4) is 39.7 Å². The Labute approximate surface area is 277 Å². The lowest BCUT2D eigenvalue weighted by Crippen LogP contribution is -1.99. The summed E-state index contributed by atoms with van der Waals surface area (Å²) in [5.74, 6) is 0. The predicted octanol–water partition coefficient (Wildman–Crippen LogP) is 11.6. The molecule has 2 aromatic heterocycles. The number of aromatic nitrogens is 2. The molecule has 0 radical (unpaired) electrons. The summed E-state index contributed by atoms with van der Waals surface area (Å²) in [6.45, 7) is 7.64. The Kier molecular flexibility index (Phi) is 6.22. The predicted molar refractivity (Wildman–Crippen MR) is 197 cm³/mol. The first-order valence-electron chi connectivity index (χ1n) is 15.9. The first kappa shape index (κ1) is 27.4. The van der Waals surface area contributed by atoms with E-state index in [0.29, 0.717) is 11.3 Å². The van der Waals surface area contributed by atoms with E-state index in [2.05, 4.69) is 123 Å². The first-order chi connectivity index (χ1) is 23.7. The van der Waals surface area contributed by atoms with Crippen molar-refractivity contribution in [1.82, 2.24) is 9.13 Å². The van der Waals surface area contributed by atoms with Crippen molar-refractivity contribution in [3.05, 3.63) is 175 Å². The Morgan fingerprint density at radius 3 is 1.71 bits per heavy atom. The number of fused-ring (bicyclic) bond motifs is 6. The van der Waals surface area contributed by atoms with Gasteiger partial charge in [0.05, 0.1) is 46.0 Å². The van der Waals surface area contributed by atoms with Crippen LogP contribution in [0.1, 0.15) is 5.56 Å². The lowest BCUT2D eigenvalue weighted by molar-refractivity contribution is 1.18. The van der Waals surface area contributed by atoms with Crippen molar-refractivity contribution >= 4 is 49.3 Å². The highest BCUT2D eigenvalue weighted by Gasteiger charge is 2.19. The number of rotatable bonds is 4. The molecule has 0 aliphatic heterocycles. The molecule has 7 aromatic carbocycles. The third-order valence-corrected chi connectivity index (χ3v) is 9.40. The lowest BCUT2D eigenvalue weighted by Gasteiger charge is -2.17. The summed E-state index contributed by atoms with van der Waals surface area (Å²) in [6, 6.07) is 56.8. The van der Waals surface area contributed by atoms with E-state index < -0.39 is 0 Å². The molecule has 0 amide bonds. The Balaban J connectivity index is 1.26. The standard InChI is InChI=1S/C44H26N4/c1-46-32-21-25-43-39(27-32)37-14-6-9-17-42(37)48(43)44-26-30(20-24-38(44)34-11-3-2-10-31(34)28-45)29-18-22-33(23-19-29)47-40-15-7-4-12-35(40)36-13-5-8-16-41(36)47/h2-27H. The highest BCUT2D eigenvalue weighted by Crippen LogP contribution is 2.40. The van der Waals surface area contributed by atoms with Gasteiger partial charge < -0.3 is 9.13 Å². The number of benzene rings is 7. The van der Waals surface area contributed by atoms with Crippen LogP contribution in [0.4, 0.5) is 5.69 Å². The lowest BCUT2D eigenvalue weighted by atomic mass is 9.95. The minimum absolute atomic E-state index is 0.609. The van der Waals surface area contributed by atoms with Gasteiger partial charge in [0, 0.05) is 33.0 Å². The summed E-state index contributed by atoms with van der Waals surface area (Å²) in [5, 5.41) is 14.7. The fourth-order valence-corrected chi connectivity index (χ4v) is 7.23. The van der Waals surface area contributed by atoms with Gasteiger partial charge in [0.2, 0.25) is 0 Å². The second-order valence-electron chi connectivity index (χ2n) is 12.0. The fraction of sp³-hybridized carbons (Fsp3) is 0. The maximum absolute atomic E-state index is 10.1. The molecule has 48 heavy (non-hydrogen) atoms. The van der Waals surface area contributed by atoms with Crippen LogP contribution in [0.15, 0.2) is 158 Å². The molecule has 0 unspecified atom stereocenters. The van der Waals surface area contributed by atoms with Gasteiger partial charge in [-0.25, -0.2) is 4.85 Å². The van der Waals surface area contributed by atoms with Gasteiger partial charge in [-0.15, -0.1) is 0 Å². The van der Waals surface area contributed by atoms with E-state index >= 15 is 0 Å². The third-order valence-electron chi connectivity index (χ3n) is 9.40. The Bertz CT molecular complexity index is 2750. The molecule has 0 aliphatic carbocycles. The second-order valence-corrected chi connectivity index (χ2v) is 12.0. The molecular weight excluding hydrogens is 585 g/mol. The number of para-hydroxylation sites is 3. The summed E-state index contributed by atoms with van der Waals surface area (Å²) in [6.07, 6.45) is 0. The highest BCUT2D eigenvalue weighted by molar-refractivity contribution is 6.11. The van der Waals surface area contributed by atoms with Crippen LogP contribution in [-0.4, -0.2) is 9.13 Å². The van der Waals surface area contributed by atoms with Gasteiger partial charge in [0.1, 0.15) is 0 Å². The molecule has 0 saturated carbocycles. The second kappa shape index (κ2) is 10.9. The molecule has 4 nitrogen and oxygen atoms in total. The number of hydrogen-bond acceptors (Lipinski definition) is 1. The van der Waals surface area contributed by atoms with Crippen LogP contribution in [0.25, 0.3) is 82.1 Å².